The molecule has 0 aliphatic rings. The van der Waals surface area contributed by atoms with Crippen LogP contribution in [-0.4, -0.2) is 11.8 Å². The number of allylic oxidation sites excluding steroid dienone is 4. The van der Waals surface area contributed by atoms with Crippen molar-refractivity contribution < 1.29 is 9.59 Å². The first-order chi connectivity index (χ1) is 12.1. The summed E-state index contributed by atoms with van der Waals surface area (Å²) in [6.07, 6.45) is 7.47. The van der Waals surface area contributed by atoms with Gasteiger partial charge in [0, 0.05) is 12.0 Å². The number of carbonyl (C=O) groups excluding carboxylic acids is 2. The lowest BCUT2D eigenvalue weighted by Crippen LogP contribution is -2.15. The van der Waals surface area contributed by atoms with Gasteiger partial charge in [-0.3, -0.25) is 9.59 Å². The number of amides is 2. The maximum atomic E-state index is 11.2. The maximum Gasteiger partial charge on any atom is 0.248 e. The fourth-order valence-corrected chi connectivity index (χ4v) is 2.40. The van der Waals surface area contributed by atoms with Crippen molar-refractivity contribution in [2.24, 2.45) is 11.5 Å². The number of rotatable bonds is 15. The molecule has 0 spiro atoms. The smallest absolute Gasteiger partial charge is 0.248 e. The van der Waals surface area contributed by atoms with Crippen molar-refractivity contribution in [2.45, 2.75) is 51.4 Å². The minimum absolute atomic E-state index is 0.117. The van der Waals surface area contributed by atoms with E-state index in [0.29, 0.717) is 28.7 Å². The van der Waals surface area contributed by atoms with Crippen LogP contribution in [0.3, 0.4) is 0 Å². The average molecular weight is 357 g/mol. The van der Waals surface area contributed by atoms with E-state index in [9.17, 15) is 9.59 Å². The van der Waals surface area contributed by atoms with E-state index in [1.54, 1.807) is 0 Å². The van der Waals surface area contributed by atoms with Crippen LogP contribution in [0, 0.1) is 0 Å². The van der Waals surface area contributed by atoms with E-state index < -0.39 is 5.91 Å². The molecule has 0 aromatic heterocycles. The Morgan fingerprint density at radius 2 is 0.923 bits per heavy atom. The summed E-state index contributed by atoms with van der Waals surface area (Å²) in [4.78, 5) is 21.8. The van der Waals surface area contributed by atoms with E-state index in [1.807, 2.05) is 0 Å². The summed E-state index contributed by atoms with van der Waals surface area (Å²) < 4.78 is 0. The number of primary amides is 2. The molecule has 0 fully saturated rings. The van der Waals surface area contributed by atoms with Crippen LogP contribution in [0.1, 0.15) is 51.4 Å². The molecule has 0 saturated heterocycles. The number of hydrogen-bond donors (Lipinski definition) is 2. The third kappa shape index (κ3) is 8.47. The lowest BCUT2D eigenvalue weighted by molar-refractivity contribution is -0.118. The first kappa shape index (κ1) is 23.4. The Bertz CT molecular complexity index is 639. The first-order valence-electron chi connectivity index (χ1n) is 8.81. The molecule has 4 heteroatoms. The van der Waals surface area contributed by atoms with Gasteiger partial charge in [0.15, 0.2) is 0 Å². The van der Waals surface area contributed by atoms with Gasteiger partial charge in [-0.2, -0.15) is 0 Å². The second kappa shape index (κ2) is 11.9. The van der Waals surface area contributed by atoms with Crippen molar-refractivity contribution in [2.75, 3.05) is 0 Å². The molecule has 0 heterocycles. The molecular formula is C22H32N2O2. The largest absolute Gasteiger partial charge is 0.370 e. The summed E-state index contributed by atoms with van der Waals surface area (Å²) in [6, 6.07) is 0. The Morgan fingerprint density at radius 3 is 1.38 bits per heavy atom. The molecule has 2 amide bonds. The van der Waals surface area contributed by atoms with E-state index in [1.165, 1.54) is 0 Å². The number of unbranched alkanes of at least 4 members (excludes halogenated alkanes) is 5. The summed E-state index contributed by atoms with van der Waals surface area (Å²) >= 11 is 0. The second-order valence-corrected chi connectivity index (χ2v) is 6.45. The Hall–Kier alpha value is -2.62. The molecule has 0 unspecified atom stereocenters. The first-order valence-corrected chi connectivity index (χ1v) is 8.81. The number of hydrogen-bond acceptors (Lipinski definition) is 2. The zero-order chi connectivity index (χ0) is 20.3. The van der Waals surface area contributed by atoms with Crippen molar-refractivity contribution in [3.05, 3.63) is 72.9 Å². The van der Waals surface area contributed by atoms with Crippen LogP contribution >= 0.6 is 0 Å². The van der Waals surface area contributed by atoms with Crippen LogP contribution in [0.25, 0.3) is 0 Å². The van der Waals surface area contributed by atoms with E-state index in [0.717, 1.165) is 50.5 Å². The zero-order valence-corrected chi connectivity index (χ0v) is 15.9. The van der Waals surface area contributed by atoms with Gasteiger partial charge < -0.3 is 11.5 Å². The summed E-state index contributed by atoms with van der Waals surface area (Å²) in [7, 11) is 0. The van der Waals surface area contributed by atoms with Crippen molar-refractivity contribution in [1.29, 1.82) is 0 Å². The standard InChI is InChI=1S/C22H32N2O2/c1-15(13-11-9-7-8-10-12-14-21(23)25)16(2)17(3)18(4)19(5)20(6)22(24)26/h1-14H2,(H2,23,25)(H2,24,26). The number of carbonyl (C=O) groups is 2. The Kier molecular flexibility index (Phi) is 10.7. The molecule has 0 radical (unpaired) electrons. The normalized spacial score (nSPS) is 10.0. The van der Waals surface area contributed by atoms with Gasteiger partial charge in [-0.1, -0.05) is 65.2 Å². The van der Waals surface area contributed by atoms with Crippen LogP contribution < -0.4 is 11.5 Å². The topological polar surface area (TPSA) is 86.2 Å². The monoisotopic (exact) mass is 356 g/mol. The van der Waals surface area contributed by atoms with Gasteiger partial charge in [0.05, 0.1) is 0 Å². The fourth-order valence-electron chi connectivity index (χ4n) is 2.40. The molecule has 26 heavy (non-hydrogen) atoms. The Labute approximate surface area is 157 Å². The van der Waals surface area contributed by atoms with Crippen molar-refractivity contribution in [1.82, 2.24) is 0 Å². The highest BCUT2D eigenvalue weighted by atomic mass is 16.1. The van der Waals surface area contributed by atoms with Crippen molar-refractivity contribution in [3.8, 4) is 0 Å². The van der Waals surface area contributed by atoms with E-state index >= 15 is 0 Å². The molecule has 4 nitrogen and oxygen atoms in total. The molecule has 0 aliphatic heterocycles. The fraction of sp³-hybridized carbons (Fsp3) is 0.364. The molecule has 0 saturated carbocycles. The number of nitrogens with two attached hydrogens (primary N) is 2. The van der Waals surface area contributed by atoms with Gasteiger partial charge in [0.1, 0.15) is 0 Å². The third-order valence-corrected chi connectivity index (χ3v) is 4.33. The van der Waals surface area contributed by atoms with Crippen LogP contribution in [0.2, 0.25) is 0 Å². The zero-order valence-electron chi connectivity index (χ0n) is 15.9. The predicted octanol–water partition coefficient (Wildman–Crippen LogP) is 4.42. The SMILES string of the molecule is C=C(CCCCCCCCC(N)=O)C(=C)C(=C)C(=C)C(=C)C(=C)C(N)=O. The highest BCUT2D eigenvalue weighted by molar-refractivity contribution is 5.97. The molecule has 0 aromatic rings. The molecule has 0 bridgehead atoms. The minimum atomic E-state index is -0.635. The summed E-state index contributed by atoms with van der Waals surface area (Å²) in [5.74, 6) is -0.868. The highest BCUT2D eigenvalue weighted by Gasteiger charge is 2.15. The quantitative estimate of drug-likeness (QED) is 0.259. The third-order valence-electron chi connectivity index (χ3n) is 4.33. The van der Waals surface area contributed by atoms with E-state index in [2.05, 4.69) is 39.5 Å². The lowest BCUT2D eigenvalue weighted by Gasteiger charge is -2.16. The maximum absolute atomic E-state index is 11.2. The van der Waals surface area contributed by atoms with E-state index in [4.69, 9.17) is 11.5 Å². The molecule has 142 valence electrons. The van der Waals surface area contributed by atoms with Gasteiger partial charge in [-0.25, -0.2) is 0 Å². The Balaban J connectivity index is 4.21. The molecule has 4 N–H and O–H groups in total. The van der Waals surface area contributed by atoms with Gasteiger partial charge in [-0.15, -0.1) is 0 Å². The van der Waals surface area contributed by atoms with Crippen LogP contribution in [0.15, 0.2) is 72.9 Å². The lowest BCUT2D eigenvalue weighted by atomic mass is 9.88. The second-order valence-electron chi connectivity index (χ2n) is 6.45. The molecule has 0 atom stereocenters. The molecular weight excluding hydrogens is 324 g/mol. The van der Waals surface area contributed by atoms with Crippen LogP contribution in [0.5, 0.6) is 0 Å². The van der Waals surface area contributed by atoms with Gasteiger partial charge in [0.25, 0.3) is 0 Å². The van der Waals surface area contributed by atoms with E-state index in [-0.39, 0.29) is 11.5 Å². The van der Waals surface area contributed by atoms with Crippen molar-refractivity contribution in [3.63, 3.8) is 0 Å². The van der Waals surface area contributed by atoms with Gasteiger partial charge >= 0.3 is 0 Å². The van der Waals surface area contributed by atoms with Gasteiger partial charge in [0.2, 0.25) is 11.8 Å². The van der Waals surface area contributed by atoms with Gasteiger partial charge in [-0.05, 0) is 47.1 Å². The molecule has 0 aliphatic carbocycles. The van der Waals surface area contributed by atoms with Crippen LogP contribution in [-0.2, 0) is 9.59 Å². The minimum Gasteiger partial charge on any atom is -0.370 e. The molecule has 0 aromatic carbocycles. The summed E-state index contributed by atoms with van der Waals surface area (Å²) in [5.41, 5.74) is 13.5. The molecule has 0 rings (SSSR count). The van der Waals surface area contributed by atoms with Crippen LogP contribution in [0.4, 0.5) is 0 Å². The Morgan fingerprint density at radius 1 is 0.538 bits per heavy atom. The average Bonchev–Trinajstić information content (AvgIpc) is 2.59. The highest BCUT2D eigenvalue weighted by Crippen LogP contribution is 2.30. The van der Waals surface area contributed by atoms with Crippen molar-refractivity contribution >= 4 is 11.8 Å². The summed E-state index contributed by atoms with van der Waals surface area (Å²) in [5, 5.41) is 0. The predicted molar refractivity (Wildman–Crippen MR) is 110 cm³/mol. The summed E-state index contributed by atoms with van der Waals surface area (Å²) in [6.45, 7) is 23.4.